The Bertz CT molecular complexity index is 634. The fourth-order valence-corrected chi connectivity index (χ4v) is 1.69. The van der Waals surface area contributed by atoms with Gasteiger partial charge in [0.15, 0.2) is 12.2 Å². The van der Waals surface area contributed by atoms with E-state index in [9.17, 15) is 28.8 Å². The van der Waals surface area contributed by atoms with Crippen molar-refractivity contribution in [2.45, 2.75) is 52.7 Å². The number of hydrogen-bond acceptors (Lipinski definition) is 8. The minimum Gasteiger partial charge on any atom is -0.479 e. The molecule has 0 fully saturated rings. The number of carboxylic acids is 2. The van der Waals surface area contributed by atoms with Gasteiger partial charge in [-0.3, -0.25) is 19.2 Å². The first-order chi connectivity index (χ1) is 13.8. The van der Waals surface area contributed by atoms with E-state index in [4.69, 9.17) is 10.2 Å². The maximum Gasteiger partial charge on any atom is 0.344 e. The maximum absolute atomic E-state index is 11.2. The minimum atomic E-state index is -1.21. The number of hydrogen-bond donors (Lipinski definition) is 4. The summed E-state index contributed by atoms with van der Waals surface area (Å²) < 4.78 is 9.16. The first-order valence-electron chi connectivity index (χ1n) is 9.04. The van der Waals surface area contributed by atoms with Gasteiger partial charge in [0, 0.05) is 26.4 Å². The number of rotatable bonds is 10. The number of amides is 2. The van der Waals surface area contributed by atoms with Gasteiger partial charge in [0.2, 0.25) is 11.8 Å². The number of esters is 2. The quantitative estimate of drug-likeness (QED) is 0.328. The molecule has 0 aromatic rings. The van der Waals surface area contributed by atoms with Crippen LogP contribution in [-0.2, 0) is 38.2 Å². The van der Waals surface area contributed by atoms with Crippen molar-refractivity contribution in [2.75, 3.05) is 14.1 Å². The van der Waals surface area contributed by atoms with Gasteiger partial charge >= 0.3 is 23.9 Å². The molecule has 4 atom stereocenters. The number of carbonyl (C=O) groups is 6. The molecule has 0 rings (SSSR count). The van der Waals surface area contributed by atoms with Crippen LogP contribution in [0.4, 0.5) is 0 Å². The van der Waals surface area contributed by atoms with Gasteiger partial charge in [-0.05, 0) is 13.8 Å². The molecule has 0 spiro atoms. The minimum absolute atomic E-state index is 0.0122. The molecule has 4 unspecified atom stereocenters. The lowest BCUT2D eigenvalue weighted by Crippen LogP contribution is -2.30. The Hall–Kier alpha value is -3.18. The van der Waals surface area contributed by atoms with E-state index >= 15 is 0 Å². The third-order valence-corrected chi connectivity index (χ3v) is 3.64. The zero-order valence-corrected chi connectivity index (χ0v) is 17.9. The van der Waals surface area contributed by atoms with Crippen LogP contribution in [0.1, 0.15) is 40.5 Å². The van der Waals surface area contributed by atoms with Gasteiger partial charge in [-0.2, -0.15) is 0 Å². The zero-order valence-electron chi connectivity index (χ0n) is 17.9. The molecule has 0 saturated carbocycles. The summed E-state index contributed by atoms with van der Waals surface area (Å²) in [7, 11) is 2.92. The summed E-state index contributed by atoms with van der Waals surface area (Å²) in [6.45, 7) is 5.58. The fourth-order valence-electron chi connectivity index (χ4n) is 1.69. The van der Waals surface area contributed by atoms with Gasteiger partial charge in [0.25, 0.3) is 0 Å². The van der Waals surface area contributed by atoms with Crippen LogP contribution >= 0.6 is 0 Å². The SMILES string of the molecule is CNC(=O)C(C)CC(=O)OC(C)C(=O)O.CNC(=O)CC(C)C(=O)OC(C)C(=O)O. The van der Waals surface area contributed by atoms with Gasteiger partial charge < -0.3 is 30.3 Å². The number of carbonyl (C=O) groups excluding carboxylic acids is 4. The fraction of sp³-hybridized carbons (Fsp3) is 0.667. The van der Waals surface area contributed by atoms with E-state index < -0.39 is 47.9 Å². The smallest absolute Gasteiger partial charge is 0.344 e. The average molecular weight is 434 g/mol. The summed E-state index contributed by atoms with van der Waals surface area (Å²) in [6.07, 6.45) is -2.52. The summed E-state index contributed by atoms with van der Waals surface area (Å²) in [5.41, 5.74) is 0. The van der Waals surface area contributed by atoms with E-state index in [0.717, 1.165) is 0 Å². The first-order valence-corrected chi connectivity index (χ1v) is 9.04. The Morgan fingerprint density at radius 2 is 1.20 bits per heavy atom. The molecule has 2 amide bonds. The number of aliphatic carboxylic acids is 2. The third kappa shape index (κ3) is 13.1. The molecule has 0 heterocycles. The Kier molecular flexibility index (Phi) is 14.3. The zero-order chi connectivity index (χ0) is 24.0. The van der Waals surface area contributed by atoms with Gasteiger partial charge in [0.05, 0.1) is 12.3 Å². The highest BCUT2D eigenvalue weighted by atomic mass is 16.6. The first kappa shape index (κ1) is 29.0. The molecule has 12 nitrogen and oxygen atoms in total. The van der Waals surface area contributed by atoms with E-state index in [1.807, 2.05) is 0 Å². The van der Waals surface area contributed by atoms with Crippen molar-refractivity contribution in [2.24, 2.45) is 11.8 Å². The standard InChI is InChI=1S/2C9H15NO5/c1-5(4-7(11)10-3)9(14)15-6(2)8(12)13;1-5(8(12)10-3)4-7(11)15-6(2)9(13)14/h5-6H,4H2,1-3H3,(H,10,11)(H,12,13);5-6H,4H2,1-3H3,(H,10,12)(H,13,14). The second-order valence-corrected chi connectivity index (χ2v) is 6.39. The molecule has 4 N–H and O–H groups in total. The summed E-state index contributed by atoms with van der Waals surface area (Å²) in [5.74, 6) is -5.55. The van der Waals surface area contributed by atoms with E-state index in [0.29, 0.717) is 0 Å². The van der Waals surface area contributed by atoms with Gasteiger partial charge in [0.1, 0.15) is 0 Å². The van der Waals surface area contributed by atoms with E-state index in [2.05, 4.69) is 20.1 Å². The number of nitrogens with one attached hydrogen (secondary N) is 2. The monoisotopic (exact) mass is 434 g/mol. The summed E-state index contributed by atoms with van der Waals surface area (Å²) >= 11 is 0. The Morgan fingerprint density at radius 1 is 0.733 bits per heavy atom. The second kappa shape index (κ2) is 14.8. The van der Waals surface area contributed by atoms with Crippen LogP contribution in [0.2, 0.25) is 0 Å². The number of carboxylic acid groups (broad SMARTS) is 2. The van der Waals surface area contributed by atoms with Crippen LogP contribution in [0.15, 0.2) is 0 Å². The molecule has 0 aliphatic rings. The van der Waals surface area contributed by atoms with Crippen molar-refractivity contribution in [1.29, 1.82) is 0 Å². The predicted octanol–water partition coefficient (Wildman–Crippen LogP) is -0.450. The molecule has 0 saturated heterocycles. The summed E-state index contributed by atoms with van der Waals surface area (Å²) in [6, 6.07) is 0. The lowest BCUT2D eigenvalue weighted by Gasteiger charge is -2.13. The van der Waals surface area contributed by atoms with Gasteiger partial charge in [-0.25, -0.2) is 9.59 Å². The van der Waals surface area contributed by atoms with E-state index in [1.165, 1.54) is 34.9 Å². The van der Waals surface area contributed by atoms with Crippen molar-refractivity contribution >= 4 is 35.7 Å². The highest BCUT2D eigenvalue weighted by Gasteiger charge is 2.23. The maximum atomic E-state index is 11.2. The van der Waals surface area contributed by atoms with E-state index in [-0.39, 0.29) is 24.7 Å². The van der Waals surface area contributed by atoms with Crippen LogP contribution in [0.25, 0.3) is 0 Å². The molecule has 12 heteroatoms. The Balaban J connectivity index is 0. The molecule has 30 heavy (non-hydrogen) atoms. The molecule has 172 valence electrons. The van der Waals surface area contributed by atoms with Crippen LogP contribution in [0.3, 0.4) is 0 Å². The van der Waals surface area contributed by atoms with Crippen molar-refractivity contribution in [3.05, 3.63) is 0 Å². The topological polar surface area (TPSA) is 185 Å². The molecule has 0 aliphatic carbocycles. The normalized spacial score (nSPS) is 13.8. The molecular formula is C18H30N2O10. The van der Waals surface area contributed by atoms with E-state index in [1.54, 1.807) is 6.92 Å². The van der Waals surface area contributed by atoms with Crippen molar-refractivity contribution in [1.82, 2.24) is 10.6 Å². The Labute approximate surface area is 174 Å². The lowest BCUT2D eigenvalue weighted by atomic mass is 10.1. The largest absolute Gasteiger partial charge is 0.479 e. The van der Waals surface area contributed by atoms with Gasteiger partial charge in [-0.1, -0.05) is 13.8 Å². The van der Waals surface area contributed by atoms with Crippen LogP contribution in [-0.4, -0.2) is 72.2 Å². The predicted molar refractivity (Wildman–Crippen MR) is 102 cm³/mol. The molecular weight excluding hydrogens is 404 g/mol. The number of ether oxygens (including phenoxy) is 2. The highest BCUT2D eigenvalue weighted by molar-refractivity contribution is 5.85. The van der Waals surface area contributed by atoms with Gasteiger partial charge in [-0.15, -0.1) is 0 Å². The second-order valence-electron chi connectivity index (χ2n) is 6.39. The molecule has 0 aliphatic heterocycles. The molecule has 0 aromatic carbocycles. The lowest BCUT2D eigenvalue weighted by molar-refractivity contribution is -0.165. The summed E-state index contributed by atoms with van der Waals surface area (Å²) in [4.78, 5) is 65.0. The average Bonchev–Trinajstić information content (AvgIpc) is 2.66. The van der Waals surface area contributed by atoms with Crippen molar-refractivity contribution < 1.29 is 48.5 Å². The molecule has 0 bridgehead atoms. The Morgan fingerprint density at radius 3 is 1.60 bits per heavy atom. The molecule has 0 radical (unpaired) electrons. The van der Waals surface area contributed by atoms with Crippen molar-refractivity contribution in [3.8, 4) is 0 Å². The van der Waals surface area contributed by atoms with Crippen LogP contribution in [0.5, 0.6) is 0 Å². The highest BCUT2D eigenvalue weighted by Crippen LogP contribution is 2.07. The van der Waals surface area contributed by atoms with Crippen LogP contribution in [0, 0.1) is 11.8 Å². The van der Waals surface area contributed by atoms with Crippen LogP contribution < -0.4 is 10.6 Å². The van der Waals surface area contributed by atoms with Crippen molar-refractivity contribution in [3.63, 3.8) is 0 Å². The third-order valence-electron chi connectivity index (χ3n) is 3.64. The molecule has 0 aromatic heterocycles. The summed E-state index contributed by atoms with van der Waals surface area (Å²) in [5, 5.41) is 21.7.